The van der Waals surface area contributed by atoms with Gasteiger partial charge in [-0.15, -0.1) is 5.10 Å². The monoisotopic (exact) mass is 377 g/mol. The SMILES string of the molecule is CCOC(C)=Nc1nc(S(N)(=O)=O)nn1-c1c(Cl)cccc1Cl. The Morgan fingerprint density at radius 1 is 1.39 bits per heavy atom. The van der Waals surface area contributed by atoms with Crippen molar-refractivity contribution in [3.8, 4) is 5.69 Å². The fraction of sp³-hybridized carbons (Fsp3) is 0.250. The van der Waals surface area contributed by atoms with Crippen LogP contribution in [0.4, 0.5) is 5.95 Å². The van der Waals surface area contributed by atoms with Crippen LogP contribution in [0.2, 0.25) is 10.0 Å². The van der Waals surface area contributed by atoms with Crippen LogP contribution in [-0.4, -0.2) is 35.7 Å². The standard InChI is InChI=1S/C12H13Cl2N5O3S/c1-3-22-7(2)16-11-17-12(23(15,20)21)18-19(11)10-8(13)5-4-6-9(10)14/h4-6H,3H2,1-2H3,(H2,15,20,21). The van der Waals surface area contributed by atoms with Gasteiger partial charge in [0.05, 0.1) is 16.7 Å². The van der Waals surface area contributed by atoms with Gasteiger partial charge in [0, 0.05) is 6.92 Å². The van der Waals surface area contributed by atoms with E-state index in [-0.39, 0.29) is 27.6 Å². The Morgan fingerprint density at radius 2 is 2.00 bits per heavy atom. The van der Waals surface area contributed by atoms with Crippen LogP contribution in [0.3, 0.4) is 0 Å². The fourth-order valence-corrected chi connectivity index (χ4v) is 2.66. The van der Waals surface area contributed by atoms with Crippen LogP contribution in [0.5, 0.6) is 0 Å². The molecule has 0 bridgehead atoms. The average Bonchev–Trinajstić information content (AvgIpc) is 2.82. The Morgan fingerprint density at radius 3 is 2.52 bits per heavy atom. The van der Waals surface area contributed by atoms with Crippen molar-refractivity contribution >= 4 is 45.1 Å². The predicted octanol–water partition coefficient (Wildman–Crippen LogP) is 2.31. The van der Waals surface area contributed by atoms with E-state index in [2.05, 4.69) is 15.1 Å². The van der Waals surface area contributed by atoms with Crippen molar-refractivity contribution in [2.24, 2.45) is 10.1 Å². The van der Waals surface area contributed by atoms with E-state index in [9.17, 15) is 8.42 Å². The molecule has 11 heteroatoms. The smallest absolute Gasteiger partial charge is 0.284 e. The van der Waals surface area contributed by atoms with Gasteiger partial charge >= 0.3 is 0 Å². The lowest BCUT2D eigenvalue weighted by molar-refractivity contribution is 0.324. The quantitative estimate of drug-likeness (QED) is 0.648. The van der Waals surface area contributed by atoms with Crippen LogP contribution < -0.4 is 5.14 Å². The number of halogens is 2. The molecule has 0 unspecified atom stereocenters. The molecule has 23 heavy (non-hydrogen) atoms. The normalized spacial score (nSPS) is 12.5. The number of sulfonamides is 1. The molecule has 2 N–H and O–H groups in total. The maximum atomic E-state index is 11.5. The summed E-state index contributed by atoms with van der Waals surface area (Å²) >= 11 is 12.2. The molecule has 1 aromatic carbocycles. The van der Waals surface area contributed by atoms with E-state index in [1.807, 2.05) is 0 Å². The highest BCUT2D eigenvalue weighted by Crippen LogP contribution is 2.31. The maximum Gasteiger partial charge on any atom is 0.284 e. The minimum atomic E-state index is -4.13. The van der Waals surface area contributed by atoms with E-state index in [0.29, 0.717) is 6.61 Å². The molecule has 2 aromatic rings. The van der Waals surface area contributed by atoms with Gasteiger partial charge in [-0.1, -0.05) is 29.3 Å². The average molecular weight is 378 g/mol. The molecular weight excluding hydrogens is 365 g/mol. The molecule has 8 nitrogen and oxygen atoms in total. The second-order valence-electron chi connectivity index (χ2n) is 4.29. The number of aliphatic imine (C=N–C) groups is 1. The van der Waals surface area contributed by atoms with E-state index in [4.69, 9.17) is 33.1 Å². The van der Waals surface area contributed by atoms with Crippen LogP contribution in [0.25, 0.3) is 5.69 Å². The highest BCUT2D eigenvalue weighted by Gasteiger charge is 2.22. The maximum absolute atomic E-state index is 11.5. The number of nitrogens with zero attached hydrogens (tertiary/aromatic N) is 4. The molecule has 0 aliphatic carbocycles. The predicted molar refractivity (Wildman–Crippen MR) is 87.1 cm³/mol. The molecule has 0 atom stereocenters. The molecule has 0 radical (unpaired) electrons. The van der Waals surface area contributed by atoms with Crippen molar-refractivity contribution in [3.63, 3.8) is 0 Å². The summed E-state index contributed by atoms with van der Waals surface area (Å²) in [6.45, 7) is 3.76. The van der Waals surface area contributed by atoms with Crippen LogP contribution in [0.15, 0.2) is 28.3 Å². The van der Waals surface area contributed by atoms with Crippen LogP contribution in [0, 0.1) is 0 Å². The van der Waals surface area contributed by atoms with E-state index < -0.39 is 15.2 Å². The molecular formula is C12H13Cl2N5O3S. The molecule has 1 heterocycles. The molecule has 0 aliphatic rings. The van der Waals surface area contributed by atoms with Crippen LogP contribution >= 0.6 is 23.2 Å². The summed E-state index contributed by atoms with van der Waals surface area (Å²) in [7, 11) is -4.13. The number of benzene rings is 1. The Kier molecular flexibility index (Phi) is 5.25. The van der Waals surface area contributed by atoms with Gasteiger partial charge in [-0.2, -0.15) is 14.7 Å². The largest absolute Gasteiger partial charge is 0.481 e. The van der Waals surface area contributed by atoms with Gasteiger partial charge in [0.15, 0.2) is 5.90 Å². The molecule has 0 spiro atoms. The lowest BCUT2D eigenvalue weighted by atomic mass is 10.3. The van der Waals surface area contributed by atoms with E-state index >= 15 is 0 Å². The third-order valence-electron chi connectivity index (χ3n) is 2.59. The highest BCUT2D eigenvalue weighted by atomic mass is 35.5. The number of hydrogen-bond acceptors (Lipinski definition) is 6. The fourth-order valence-electron chi connectivity index (χ4n) is 1.70. The van der Waals surface area contributed by atoms with Gasteiger partial charge in [-0.05, 0) is 19.1 Å². The van der Waals surface area contributed by atoms with Gasteiger partial charge in [0.25, 0.3) is 21.1 Å². The van der Waals surface area contributed by atoms with Crippen LogP contribution in [-0.2, 0) is 14.8 Å². The number of aromatic nitrogens is 3. The second-order valence-corrected chi connectivity index (χ2v) is 6.55. The lowest BCUT2D eigenvalue weighted by Crippen LogP contribution is -2.14. The number of para-hydroxylation sites is 1. The summed E-state index contributed by atoms with van der Waals surface area (Å²) in [5.41, 5.74) is 0.237. The molecule has 0 aliphatic heterocycles. The third-order valence-corrected chi connectivity index (χ3v) is 3.88. The Hall–Kier alpha value is -1.68. The number of ether oxygens (including phenoxy) is 1. The summed E-state index contributed by atoms with van der Waals surface area (Å²) in [5.74, 6) is 0.195. The number of rotatable bonds is 4. The van der Waals surface area contributed by atoms with E-state index in [0.717, 1.165) is 4.68 Å². The minimum absolute atomic E-state index is 0.0741. The van der Waals surface area contributed by atoms with Crippen molar-refractivity contribution in [1.29, 1.82) is 0 Å². The number of hydrogen-bond donors (Lipinski definition) is 1. The first-order chi connectivity index (χ1) is 10.7. The Labute approximate surface area is 142 Å². The van der Waals surface area contributed by atoms with Crippen molar-refractivity contribution in [2.75, 3.05) is 6.61 Å². The number of primary sulfonamides is 1. The summed E-state index contributed by atoms with van der Waals surface area (Å²) in [5, 5.41) is 8.81. The molecule has 1 aromatic heterocycles. The number of nitrogens with two attached hydrogens (primary N) is 1. The topological polar surface area (TPSA) is 112 Å². The van der Waals surface area contributed by atoms with Crippen molar-refractivity contribution < 1.29 is 13.2 Å². The zero-order chi connectivity index (χ0) is 17.2. The van der Waals surface area contributed by atoms with Gasteiger partial charge in [0.2, 0.25) is 0 Å². The molecule has 0 saturated heterocycles. The van der Waals surface area contributed by atoms with Gasteiger partial charge in [-0.3, -0.25) is 0 Å². The first-order valence-corrected chi connectivity index (χ1v) is 8.66. The highest BCUT2D eigenvalue weighted by molar-refractivity contribution is 7.89. The molecule has 124 valence electrons. The van der Waals surface area contributed by atoms with E-state index in [1.165, 1.54) is 0 Å². The molecule has 0 saturated carbocycles. The zero-order valence-corrected chi connectivity index (χ0v) is 14.5. The summed E-state index contributed by atoms with van der Waals surface area (Å²) in [6.07, 6.45) is 0. The first kappa shape index (κ1) is 17.7. The van der Waals surface area contributed by atoms with Crippen molar-refractivity contribution in [3.05, 3.63) is 28.2 Å². The Bertz CT molecular complexity index is 843. The summed E-state index contributed by atoms with van der Waals surface area (Å²) < 4.78 is 29.3. The summed E-state index contributed by atoms with van der Waals surface area (Å²) in [4.78, 5) is 7.90. The minimum Gasteiger partial charge on any atom is -0.481 e. The van der Waals surface area contributed by atoms with Gasteiger partial charge in [-0.25, -0.2) is 13.6 Å². The van der Waals surface area contributed by atoms with Crippen molar-refractivity contribution in [2.45, 2.75) is 19.0 Å². The van der Waals surface area contributed by atoms with Gasteiger partial charge < -0.3 is 4.74 Å². The van der Waals surface area contributed by atoms with E-state index in [1.54, 1.807) is 32.0 Å². The molecule has 0 fully saturated rings. The summed E-state index contributed by atoms with van der Waals surface area (Å²) in [6, 6.07) is 4.79. The third kappa shape index (κ3) is 3.99. The zero-order valence-electron chi connectivity index (χ0n) is 12.2. The molecule has 2 rings (SSSR count). The first-order valence-electron chi connectivity index (χ1n) is 6.36. The molecule has 0 amide bonds. The van der Waals surface area contributed by atoms with Gasteiger partial charge in [0.1, 0.15) is 5.69 Å². The second kappa shape index (κ2) is 6.83. The van der Waals surface area contributed by atoms with Crippen molar-refractivity contribution in [1.82, 2.24) is 14.8 Å². The van der Waals surface area contributed by atoms with Crippen LogP contribution in [0.1, 0.15) is 13.8 Å². The Balaban J connectivity index is 2.71. The lowest BCUT2D eigenvalue weighted by Gasteiger charge is -2.08.